The molecule has 1 aliphatic rings. The Hall–Kier alpha value is -1.96. The van der Waals surface area contributed by atoms with Gasteiger partial charge in [-0.25, -0.2) is 8.78 Å². The summed E-state index contributed by atoms with van der Waals surface area (Å²) in [7, 11) is 0. The Morgan fingerprint density at radius 1 is 1.29 bits per heavy atom. The largest absolute Gasteiger partial charge is 0.320 e. The molecule has 0 spiro atoms. The summed E-state index contributed by atoms with van der Waals surface area (Å²) in [6.45, 7) is 0. The van der Waals surface area contributed by atoms with E-state index in [1.165, 1.54) is 6.08 Å². The number of benzene rings is 2. The van der Waals surface area contributed by atoms with Crippen LogP contribution in [0.4, 0.5) is 14.5 Å². The second kappa shape index (κ2) is 6.88. The molecule has 3 rings (SSSR count). The summed E-state index contributed by atoms with van der Waals surface area (Å²) in [5.74, 6) is -2.26. The second-order valence-electron chi connectivity index (χ2n) is 4.93. The molecule has 0 radical (unpaired) electrons. The number of hydrogen-bond acceptors (Lipinski definition) is 3. The van der Waals surface area contributed by atoms with Crippen LogP contribution in [0.5, 0.6) is 0 Å². The molecular weight excluding hydrogens is 406 g/mol. The minimum atomic E-state index is -0.993. The van der Waals surface area contributed by atoms with Gasteiger partial charge in [-0.05, 0) is 34.1 Å². The van der Waals surface area contributed by atoms with Crippen LogP contribution in [-0.2, 0) is 9.63 Å². The molecule has 1 amide bonds. The van der Waals surface area contributed by atoms with Gasteiger partial charge in [0.05, 0.1) is 11.4 Å². The van der Waals surface area contributed by atoms with Gasteiger partial charge in [0.15, 0.2) is 11.9 Å². The number of anilines is 1. The first kappa shape index (κ1) is 16.9. The van der Waals surface area contributed by atoms with Crippen molar-refractivity contribution in [3.8, 4) is 0 Å². The number of hydroxylamine groups is 1. The molecule has 24 heavy (non-hydrogen) atoms. The highest BCUT2D eigenvalue weighted by atomic mass is 79.9. The highest BCUT2D eigenvalue weighted by molar-refractivity contribution is 9.10. The van der Waals surface area contributed by atoms with Crippen molar-refractivity contribution in [3.63, 3.8) is 0 Å². The molecule has 2 aromatic carbocycles. The zero-order valence-corrected chi connectivity index (χ0v) is 14.3. The van der Waals surface area contributed by atoms with Crippen LogP contribution in [0, 0.1) is 11.6 Å². The molecule has 2 aromatic rings. The van der Waals surface area contributed by atoms with Crippen molar-refractivity contribution in [1.29, 1.82) is 0 Å². The van der Waals surface area contributed by atoms with E-state index in [0.29, 0.717) is 22.3 Å². The summed E-state index contributed by atoms with van der Waals surface area (Å²) >= 11 is 9.10. The molecule has 1 aliphatic heterocycles. The monoisotopic (exact) mass is 414 g/mol. The number of rotatable bonds is 3. The van der Waals surface area contributed by atoms with E-state index in [2.05, 4.69) is 26.7 Å². The van der Waals surface area contributed by atoms with Gasteiger partial charge in [-0.3, -0.25) is 15.1 Å². The fourth-order valence-electron chi connectivity index (χ4n) is 2.16. The number of hydrogen-bond donors (Lipinski definition) is 2. The minimum absolute atomic E-state index is 0.0922. The van der Waals surface area contributed by atoms with E-state index in [1.807, 2.05) is 0 Å². The molecule has 0 saturated heterocycles. The molecule has 2 N–H and O–H groups in total. The van der Waals surface area contributed by atoms with Crippen LogP contribution in [0.2, 0.25) is 5.02 Å². The van der Waals surface area contributed by atoms with Gasteiger partial charge in [0.1, 0.15) is 5.82 Å². The third-order valence-electron chi connectivity index (χ3n) is 3.29. The Morgan fingerprint density at radius 2 is 2.04 bits per heavy atom. The average molecular weight is 416 g/mol. The lowest BCUT2D eigenvalue weighted by Gasteiger charge is -2.11. The number of carbonyl (C=O) groups is 1. The Labute approximate surface area is 149 Å². The maximum Gasteiger partial charge on any atom is 0.260 e. The molecule has 0 saturated carbocycles. The van der Waals surface area contributed by atoms with Crippen LogP contribution in [0.3, 0.4) is 0 Å². The maximum absolute atomic E-state index is 13.8. The fourth-order valence-corrected chi connectivity index (χ4v) is 2.90. The fraction of sp³-hybridized carbons (Fsp3) is 0.0625. The van der Waals surface area contributed by atoms with Crippen LogP contribution in [0.15, 0.2) is 46.9 Å². The van der Waals surface area contributed by atoms with Crippen LogP contribution in [-0.4, -0.2) is 12.0 Å². The van der Waals surface area contributed by atoms with Crippen molar-refractivity contribution in [3.05, 3.63) is 69.2 Å². The Morgan fingerprint density at radius 3 is 2.75 bits per heavy atom. The van der Waals surface area contributed by atoms with Crippen LogP contribution < -0.4 is 10.8 Å². The van der Waals surface area contributed by atoms with Crippen LogP contribution >= 0.6 is 27.5 Å². The van der Waals surface area contributed by atoms with Crippen molar-refractivity contribution >= 4 is 44.8 Å². The van der Waals surface area contributed by atoms with Gasteiger partial charge in [-0.15, -0.1) is 0 Å². The third kappa shape index (κ3) is 3.43. The van der Waals surface area contributed by atoms with E-state index >= 15 is 0 Å². The molecular formula is C16H10BrClF2N2O2. The smallest absolute Gasteiger partial charge is 0.260 e. The van der Waals surface area contributed by atoms with Crippen molar-refractivity contribution in [2.24, 2.45) is 0 Å². The number of amides is 1. The minimum Gasteiger partial charge on any atom is -0.320 e. The molecule has 4 nitrogen and oxygen atoms in total. The zero-order valence-electron chi connectivity index (χ0n) is 11.9. The van der Waals surface area contributed by atoms with Gasteiger partial charge >= 0.3 is 0 Å². The molecule has 0 aliphatic carbocycles. The highest BCUT2D eigenvalue weighted by Gasteiger charge is 2.26. The summed E-state index contributed by atoms with van der Waals surface area (Å²) in [6.07, 6.45) is 0.527. The summed E-state index contributed by atoms with van der Waals surface area (Å²) in [5, 5.41) is 2.86. The van der Waals surface area contributed by atoms with Gasteiger partial charge in [0.25, 0.3) is 5.91 Å². The Bertz CT molecular complexity index is 822. The second-order valence-corrected chi connectivity index (χ2v) is 6.20. The maximum atomic E-state index is 13.8. The topological polar surface area (TPSA) is 50.4 Å². The highest BCUT2D eigenvalue weighted by Crippen LogP contribution is 2.29. The molecule has 124 valence electrons. The van der Waals surface area contributed by atoms with E-state index in [1.54, 1.807) is 24.3 Å². The first-order valence-corrected chi connectivity index (χ1v) is 7.96. The molecule has 8 heteroatoms. The van der Waals surface area contributed by atoms with E-state index < -0.39 is 23.6 Å². The van der Waals surface area contributed by atoms with Gasteiger partial charge in [0.2, 0.25) is 0 Å². The van der Waals surface area contributed by atoms with Crippen LogP contribution in [0.1, 0.15) is 5.56 Å². The van der Waals surface area contributed by atoms with Gasteiger partial charge in [-0.2, -0.15) is 0 Å². The Kier molecular flexibility index (Phi) is 4.84. The number of halogens is 4. The quantitative estimate of drug-likeness (QED) is 0.787. The summed E-state index contributed by atoms with van der Waals surface area (Å²) in [5.41, 5.74) is 3.65. The molecule has 0 bridgehead atoms. The van der Waals surface area contributed by atoms with E-state index in [-0.39, 0.29) is 10.2 Å². The van der Waals surface area contributed by atoms with E-state index in [9.17, 15) is 13.6 Å². The lowest BCUT2D eigenvalue weighted by Crippen LogP contribution is -2.29. The SMILES string of the molecule is O=C(Nc1c(F)cc(F)cc1Br)[C@H]1C=C(c2ccccc2Cl)NO1. The standard InChI is InChI=1S/C16H10BrClF2N2O2/c17-10-5-8(19)6-12(20)15(10)21-16(23)14-7-13(22-24-14)9-3-1-2-4-11(9)18/h1-7,14,22H,(H,21,23)/t14-/m1/s1. The lowest BCUT2D eigenvalue weighted by molar-refractivity contribution is -0.125. The average Bonchev–Trinajstić information content (AvgIpc) is 3.01. The predicted octanol–water partition coefficient (Wildman–Crippen LogP) is 4.26. The normalized spacial score (nSPS) is 16.5. The summed E-state index contributed by atoms with van der Waals surface area (Å²) in [6, 6.07) is 8.78. The summed E-state index contributed by atoms with van der Waals surface area (Å²) in [4.78, 5) is 17.4. The molecule has 1 heterocycles. The van der Waals surface area contributed by atoms with Crippen molar-refractivity contribution < 1.29 is 18.4 Å². The van der Waals surface area contributed by atoms with Crippen molar-refractivity contribution in [2.45, 2.75) is 6.10 Å². The first-order valence-electron chi connectivity index (χ1n) is 6.79. The summed E-state index contributed by atoms with van der Waals surface area (Å²) < 4.78 is 27.0. The lowest BCUT2D eigenvalue weighted by atomic mass is 10.1. The number of carbonyl (C=O) groups excluding carboxylic acids is 1. The zero-order chi connectivity index (χ0) is 17.3. The molecule has 0 fully saturated rings. The van der Waals surface area contributed by atoms with E-state index in [0.717, 1.165) is 6.07 Å². The van der Waals surface area contributed by atoms with Gasteiger partial charge in [0, 0.05) is 21.1 Å². The van der Waals surface area contributed by atoms with Crippen molar-refractivity contribution in [2.75, 3.05) is 5.32 Å². The molecule has 0 unspecified atom stereocenters. The number of nitrogens with one attached hydrogen (secondary N) is 2. The third-order valence-corrected chi connectivity index (χ3v) is 4.25. The molecule has 1 atom stereocenters. The van der Waals surface area contributed by atoms with Gasteiger partial charge in [-0.1, -0.05) is 29.8 Å². The predicted molar refractivity (Wildman–Crippen MR) is 90.1 cm³/mol. The first-order chi connectivity index (χ1) is 11.5. The van der Waals surface area contributed by atoms with Crippen LogP contribution in [0.25, 0.3) is 5.70 Å². The Balaban J connectivity index is 1.79. The van der Waals surface area contributed by atoms with Gasteiger partial charge < -0.3 is 5.32 Å². The van der Waals surface area contributed by atoms with E-state index in [4.69, 9.17) is 16.4 Å². The molecule has 0 aromatic heterocycles. The van der Waals surface area contributed by atoms with Crippen molar-refractivity contribution in [1.82, 2.24) is 5.48 Å².